The van der Waals surface area contributed by atoms with Crippen LogP contribution in [0.15, 0.2) is 41.5 Å². The van der Waals surface area contributed by atoms with E-state index in [0.29, 0.717) is 32.4 Å². The van der Waals surface area contributed by atoms with E-state index in [-0.39, 0.29) is 60.8 Å². The zero-order valence-electron chi connectivity index (χ0n) is 33.4. The molecule has 2 N–H and O–H groups in total. The summed E-state index contributed by atoms with van der Waals surface area (Å²) in [5, 5.41) is 6.53. The lowest BCUT2D eigenvalue weighted by Gasteiger charge is -2.35. The fourth-order valence-electron chi connectivity index (χ4n) is 8.40. The third-order valence-corrected chi connectivity index (χ3v) is 13.2. The Morgan fingerprint density at radius 3 is 2.65 bits per heavy atom. The molecule has 6 bridgehead atoms. The van der Waals surface area contributed by atoms with Crippen LogP contribution < -0.4 is 10.7 Å². The highest BCUT2D eigenvalue weighted by Crippen LogP contribution is 2.46. The molecule has 1 saturated carbocycles. The molecule has 0 spiro atoms. The summed E-state index contributed by atoms with van der Waals surface area (Å²) in [5.41, 5.74) is 8.85. The molecule has 1 aliphatic carbocycles. The summed E-state index contributed by atoms with van der Waals surface area (Å²) in [5.74, 6) is 0.401. The number of amides is 2. The number of thioether (sulfide) groups is 1. The van der Waals surface area contributed by atoms with Gasteiger partial charge in [-0.25, -0.2) is 5.43 Å². The molecule has 8 atom stereocenters. The van der Waals surface area contributed by atoms with Gasteiger partial charge in [0, 0.05) is 73.5 Å². The second-order valence-corrected chi connectivity index (χ2v) is 17.8. The van der Waals surface area contributed by atoms with Crippen molar-refractivity contribution in [2.75, 3.05) is 33.1 Å². The summed E-state index contributed by atoms with van der Waals surface area (Å²) < 4.78 is 20.1. The summed E-state index contributed by atoms with van der Waals surface area (Å²) in [6.07, 6.45) is 3.55. The molecular formula is C42H56N6O6S. The maximum Gasteiger partial charge on any atom is 0.324 e. The van der Waals surface area contributed by atoms with Crippen molar-refractivity contribution in [1.82, 2.24) is 25.3 Å². The highest BCUT2D eigenvalue weighted by Gasteiger charge is 2.49. The van der Waals surface area contributed by atoms with E-state index in [4.69, 9.17) is 24.2 Å². The number of benzene rings is 1. The minimum Gasteiger partial charge on any atom is -0.464 e. The molecule has 7 rings (SSSR count). The molecule has 4 aliphatic rings. The number of nitrogens with zero attached hydrogens (tertiary/aromatic N) is 4. The first-order chi connectivity index (χ1) is 26.3. The number of carbonyl (C=O) groups is 3. The van der Waals surface area contributed by atoms with Gasteiger partial charge < -0.3 is 24.1 Å². The van der Waals surface area contributed by atoms with Crippen LogP contribution in [0.1, 0.15) is 89.8 Å². The average Bonchev–Trinajstić information content (AvgIpc) is 3.45. The van der Waals surface area contributed by atoms with Crippen molar-refractivity contribution in [3.05, 3.63) is 53.3 Å². The lowest BCUT2D eigenvalue weighted by molar-refractivity contribution is -0.155. The zero-order chi connectivity index (χ0) is 39.2. The first-order valence-corrected chi connectivity index (χ1v) is 20.7. The van der Waals surface area contributed by atoms with E-state index in [0.717, 1.165) is 49.8 Å². The van der Waals surface area contributed by atoms with Gasteiger partial charge in [-0.2, -0.15) is 0 Å². The molecule has 13 heteroatoms. The average molecular weight is 773 g/mol. The van der Waals surface area contributed by atoms with Crippen molar-refractivity contribution in [3.63, 3.8) is 0 Å². The highest BCUT2D eigenvalue weighted by molar-refractivity contribution is 8.14. The van der Waals surface area contributed by atoms with Gasteiger partial charge in [-0.15, -0.1) is 11.8 Å². The molecular weight excluding hydrogens is 717 g/mol. The largest absolute Gasteiger partial charge is 0.464 e. The summed E-state index contributed by atoms with van der Waals surface area (Å²) in [6, 6.07) is 9.07. The molecule has 3 aliphatic heterocycles. The number of nitrogens with one attached hydrogen (secondary N) is 2. The van der Waals surface area contributed by atoms with Gasteiger partial charge in [0.25, 0.3) is 5.91 Å². The van der Waals surface area contributed by atoms with Gasteiger partial charge in [0.05, 0.1) is 41.3 Å². The number of esters is 1. The van der Waals surface area contributed by atoms with E-state index in [1.165, 1.54) is 5.01 Å². The zero-order valence-corrected chi connectivity index (χ0v) is 34.2. The maximum atomic E-state index is 14.2. The number of fused-ring (bicyclic) bond motifs is 5. The number of hydrazine groups is 1. The summed E-state index contributed by atoms with van der Waals surface area (Å²) in [4.78, 5) is 51.3. The Bertz CT molecular complexity index is 1970. The molecule has 2 amide bonds. The van der Waals surface area contributed by atoms with Gasteiger partial charge >= 0.3 is 5.97 Å². The van der Waals surface area contributed by atoms with Gasteiger partial charge in [0.1, 0.15) is 12.1 Å². The number of carbonyl (C=O) groups excluding carboxylic acids is 3. The van der Waals surface area contributed by atoms with Gasteiger partial charge in [0.2, 0.25) is 5.91 Å². The number of aromatic nitrogens is 2. The Hall–Kier alpha value is -3.78. The predicted octanol–water partition coefficient (Wildman–Crippen LogP) is 6.03. The number of hydrogen-bond acceptors (Lipinski definition) is 10. The number of rotatable bonds is 8. The van der Waals surface area contributed by atoms with Gasteiger partial charge in [-0.1, -0.05) is 33.8 Å². The van der Waals surface area contributed by atoms with E-state index in [2.05, 4.69) is 74.2 Å². The normalized spacial score (nSPS) is 27.9. The van der Waals surface area contributed by atoms with E-state index in [9.17, 15) is 14.4 Å². The Labute approximate surface area is 328 Å². The van der Waals surface area contributed by atoms with E-state index in [1.807, 2.05) is 13.0 Å². The Kier molecular flexibility index (Phi) is 11.5. The minimum absolute atomic E-state index is 0.0753. The lowest BCUT2D eigenvalue weighted by Crippen LogP contribution is -2.60. The number of ether oxygens (including phenoxy) is 3. The first-order valence-electron chi connectivity index (χ1n) is 19.7. The summed E-state index contributed by atoms with van der Waals surface area (Å²) >= 11 is 1.64. The Morgan fingerprint density at radius 2 is 1.93 bits per heavy atom. The predicted molar refractivity (Wildman–Crippen MR) is 214 cm³/mol. The fraction of sp³-hybridized carbons (Fsp3) is 0.595. The van der Waals surface area contributed by atoms with Gasteiger partial charge in [0.15, 0.2) is 0 Å². The van der Waals surface area contributed by atoms with Crippen molar-refractivity contribution >= 4 is 45.5 Å². The van der Waals surface area contributed by atoms with Gasteiger partial charge in [-0.3, -0.25) is 29.4 Å². The van der Waals surface area contributed by atoms with E-state index >= 15 is 0 Å². The molecule has 12 nitrogen and oxygen atoms in total. The summed E-state index contributed by atoms with van der Waals surface area (Å²) in [7, 11) is 3.43. The number of methoxy groups -OCH3 is 2. The van der Waals surface area contributed by atoms with Crippen molar-refractivity contribution in [3.8, 4) is 11.3 Å². The van der Waals surface area contributed by atoms with Crippen molar-refractivity contribution < 1.29 is 28.6 Å². The smallest absolute Gasteiger partial charge is 0.324 e. The monoisotopic (exact) mass is 772 g/mol. The number of aliphatic imine (C=N–C) groups is 1. The maximum absolute atomic E-state index is 14.2. The number of pyridine rings is 1. The van der Waals surface area contributed by atoms with E-state index in [1.54, 1.807) is 32.2 Å². The molecule has 1 aromatic carbocycles. The molecule has 296 valence electrons. The Morgan fingerprint density at radius 1 is 1.15 bits per heavy atom. The number of hydrogen-bond donors (Lipinski definition) is 2. The van der Waals surface area contributed by atoms with Crippen LogP contribution in [0.4, 0.5) is 0 Å². The minimum atomic E-state index is -0.811. The topological polar surface area (TPSA) is 136 Å². The fourth-order valence-corrected chi connectivity index (χ4v) is 9.50. The van der Waals surface area contributed by atoms with Crippen LogP contribution >= 0.6 is 11.8 Å². The van der Waals surface area contributed by atoms with Crippen LogP contribution in [0.25, 0.3) is 22.2 Å². The summed E-state index contributed by atoms with van der Waals surface area (Å²) in [6.45, 7) is 13.7. The second-order valence-electron chi connectivity index (χ2n) is 16.7. The van der Waals surface area contributed by atoms with Crippen LogP contribution in [0.5, 0.6) is 0 Å². The van der Waals surface area contributed by atoms with Crippen molar-refractivity contribution in [2.24, 2.45) is 28.2 Å². The molecule has 2 fully saturated rings. The standard InChI is InChI=1S/C42H56N6O6S/c1-23(52-7)20-47-34-14-13-27-17-29(34)30(38(47)28-11-9-15-43-37(28)26(4)53-8)19-42(5,6)22-54-41(51)31-12-10-16-48(46-31)40(50)32(18-35-44-33(27)21-55-35)45-39(49)36-24(2)25(36)3/h9,11,13-15,17,23-26,31-33,36,46H,10,12,16,18-22H2,1-8H3,(H,45,49)/t23-,24-,25+,26+,31+,32+,33?,36+/m1/s1. The van der Waals surface area contributed by atoms with Crippen molar-refractivity contribution in [2.45, 2.75) is 104 Å². The van der Waals surface area contributed by atoms with E-state index < -0.39 is 23.5 Å². The number of cyclic esters (lactones) is 1. The van der Waals surface area contributed by atoms with Gasteiger partial charge in [-0.05, 0) is 80.3 Å². The first kappa shape index (κ1) is 39.5. The molecule has 5 heterocycles. The third-order valence-electron chi connectivity index (χ3n) is 12.1. The van der Waals surface area contributed by atoms with Crippen LogP contribution in [0.3, 0.4) is 0 Å². The van der Waals surface area contributed by atoms with Crippen LogP contribution in [-0.4, -0.2) is 88.7 Å². The highest BCUT2D eigenvalue weighted by atomic mass is 32.2. The molecule has 0 radical (unpaired) electrons. The van der Waals surface area contributed by atoms with Crippen LogP contribution in [-0.2, 0) is 41.6 Å². The SMILES string of the molecule is CO[C@H](C)Cn1c(-c2cccnc2[C@H](C)OC)c2c3cc(ccc31)C1CSC(=N1)C[C@H](NC(=O)[C@H]1[C@H](C)[C@@H]1C)C(=O)N1CCC[C@H](N1)C(=O)OCC(C)(C)C2. The lowest BCUT2D eigenvalue weighted by atomic mass is 9.84. The second kappa shape index (κ2) is 16.0. The quantitative estimate of drug-likeness (QED) is 0.263. The van der Waals surface area contributed by atoms with Crippen LogP contribution in [0, 0.1) is 23.2 Å². The molecule has 55 heavy (non-hydrogen) atoms. The third kappa shape index (κ3) is 8.08. The molecule has 1 unspecified atom stereocenters. The van der Waals surface area contributed by atoms with Crippen molar-refractivity contribution in [1.29, 1.82) is 0 Å². The Balaban J connectivity index is 1.36. The molecule has 3 aromatic rings. The molecule has 2 aromatic heterocycles. The molecule has 1 saturated heterocycles. The van der Waals surface area contributed by atoms with Crippen LogP contribution in [0.2, 0.25) is 0 Å².